The van der Waals surface area contributed by atoms with Gasteiger partial charge in [0, 0.05) is 24.2 Å². The molecule has 1 saturated heterocycles. The van der Waals surface area contributed by atoms with E-state index in [4.69, 9.17) is 0 Å². The van der Waals surface area contributed by atoms with Crippen molar-refractivity contribution in [1.29, 1.82) is 0 Å². The van der Waals surface area contributed by atoms with Crippen molar-refractivity contribution < 1.29 is 4.79 Å². The van der Waals surface area contributed by atoms with Crippen LogP contribution in [0.2, 0.25) is 0 Å². The van der Waals surface area contributed by atoms with Crippen LogP contribution < -0.4 is 5.69 Å². The van der Waals surface area contributed by atoms with E-state index < -0.39 is 5.69 Å². The highest BCUT2D eigenvalue weighted by molar-refractivity contribution is 5.92. The Labute approximate surface area is 125 Å². The largest absolute Gasteiger partial charge is 0.345 e. The number of hydrogen-bond acceptors (Lipinski definition) is 3. The van der Waals surface area contributed by atoms with Crippen molar-refractivity contribution >= 4 is 5.91 Å². The van der Waals surface area contributed by atoms with Crippen molar-refractivity contribution in [2.75, 3.05) is 13.1 Å². The molecule has 2 heterocycles. The fourth-order valence-corrected chi connectivity index (χ4v) is 2.45. The lowest BCUT2D eigenvalue weighted by molar-refractivity contribution is 0.0623. The maximum Gasteiger partial charge on any atom is 0.345 e. The zero-order valence-electron chi connectivity index (χ0n) is 13.6. The van der Waals surface area contributed by atoms with E-state index >= 15 is 0 Å². The SMILES string of the molecule is CC1(C)CCN(C(=O)c2cc(C(C)(C)C)[nH]c(=O)n2)CC1. The van der Waals surface area contributed by atoms with Gasteiger partial charge in [0.05, 0.1) is 0 Å². The van der Waals surface area contributed by atoms with Gasteiger partial charge in [-0.1, -0.05) is 34.6 Å². The van der Waals surface area contributed by atoms with Crippen molar-refractivity contribution in [2.45, 2.75) is 52.9 Å². The minimum absolute atomic E-state index is 0.137. The molecule has 0 unspecified atom stereocenters. The number of H-pyrrole nitrogens is 1. The normalized spacial score (nSPS) is 18.6. The number of hydrogen-bond donors (Lipinski definition) is 1. The van der Waals surface area contributed by atoms with Crippen LogP contribution in [-0.4, -0.2) is 33.9 Å². The second kappa shape index (κ2) is 5.28. The highest BCUT2D eigenvalue weighted by Crippen LogP contribution is 2.30. The van der Waals surface area contributed by atoms with Gasteiger partial charge in [-0.25, -0.2) is 4.79 Å². The van der Waals surface area contributed by atoms with Crippen LogP contribution in [0.15, 0.2) is 10.9 Å². The van der Waals surface area contributed by atoms with Crippen molar-refractivity contribution in [3.05, 3.63) is 27.9 Å². The molecule has 0 atom stereocenters. The van der Waals surface area contributed by atoms with E-state index in [1.54, 1.807) is 11.0 Å². The summed E-state index contributed by atoms with van der Waals surface area (Å²) in [5.74, 6) is -0.137. The molecular weight excluding hydrogens is 266 g/mol. The Morgan fingerprint density at radius 2 is 1.86 bits per heavy atom. The van der Waals surface area contributed by atoms with Crippen molar-refractivity contribution in [1.82, 2.24) is 14.9 Å². The molecule has 0 bridgehead atoms. The van der Waals surface area contributed by atoms with Gasteiger partial charge >= 0.3 is 5.69 Å². The quantitative estimate of drug-likeness (QED) is 0.863. The molecule has 116 valence electrons. The molecule has 0 spiro atoms. The first-order valence-electron chi connectivity index (χ1n) is 7.50. The average molecular weight is 291 g/mol. The zero-order valence-corrected chi connectivity index (χ0v) is 13.6. The highest BCUT2D eigenvalue weighted by Gasteiger charge is 2.29. The van der Waals surface area contributed by atoms with Crippen LogP contribution in [0.25, 0.3) is 0 Å². The fraction of sp³-hybridized carbons (Fsp3) is 0.688. The van der Waals surface area contributed by atoms with Crippen molar-refractivity contribution in [2.24, 2.45) is 5.41 Å². The molecule has 1 fully saturated rings. The second-order valence-corrected chi connectivity index (χ2v) is 7.69. The van der Waals surface area contributed by atoms with Gasteiger partial charge in [0.15, 0.2) is 0 Å². The number of aromatic nitrogens is 2. The number of carbonyl (C=O) groups is 1. The number of piperidine rings is 1. The third-order valence-corrected chi connectivity index (χ3v) is 4.18. The zero-order chi connectivity index (χ0) is 15.8. The molecule has 1 aliphatic rings. The number of nitrogens with one attached hydrogen (secondary N) is 1. The van der Waals surface area contributed by atoms with Gasteiger partial charge in [0.2, 0.25) is 0 Å². The monoisotopic (exact) mass is 291 g/mol. The van der Waals surface area contributed by atoms with Crippen LogP contribution >= 0.6 is 0 Å². The lowest BCUT2D eigenvalue weighted by Crippen LogP contribution is -2.42. The smallest absolute Gasteiger partial charge is 0.337 e. The molecule has 0 aliphatic carbocycles. The molecule has 1 aliphatic heterocycles. The molecule has 0 radical (unpaired) electrons. The number of amides is 1. The van der Waals surface area contributed by atoms with Crippen LogP contribution in [-0.2, 0) is 5.41 Å². The Bertz CT molecular complexity index is 586. The number of nitrogens with zero attached hydrogens (tertiary/aromatic N) is 2. The minimum Gasteiger partial charge on any atom is -0.337 e. The van der Waals surface area contributed by atoms with Gasteiger partial charge < -0.3 is 9.88 Å². The Hall–Kier alpha value is -1.65. The molecule has 1 amide bonds. The standard InChI is InChI=1S/C16H25N3O2/c1-15(2,3)12-10-11(17-14(21)18-12)13(20)19-8-6-16(4,5)7-9-19/h10H,6-9H2,1-5H3,(H,17,18,21). The first kappa shape index (κ1) is 15.7. The minimum atomic E-state index is -0.455. The predicted octanol–water partition coefficient (Wildman–Crippen LogP) is 2.33. The molecule has 1 N–H and O–H groups in total. The van der Waals surface area contributed by atoms with E-state index in [1.165, 1.54) is 0 Å². The molecule has 0 saturated carbocycles. The van der Waals surface area contributed by atoms with E-state index in [-0.39, 0.29) is 22.4 Å². The van der Waals surface area contributed by atoms with Gasteiger partial charge in [-0.05, 0) is 24.3 Å². The second-order valence-electron chi connectivity index (χ2n) is 7.69. The predicted molar refractivity (Wildman–Crippen MR) is 82.5 cm³/mol. The fourth-order valence-electron chi connectivity index (χ4n) is 2.45. The highest BCUT2D eigenvalue weighted by atomic mass is 16.2. The maximum absolute atomic E-state index is 12.6. The summed E-state index contributed by atoms with van der Waals surface area (Å²) in [7, 11) is 0. The van der Waals surface area contributed by atoms with Gasteiger partial charge in [-0.2, -0.15) is 4.98 Å². The van der Waals surface area contributed by atoms with Gasteiger partial charge in [-0.3, -0.25) is 4.79 Å². The van der Waals surface area contributed by atoms with E-state index in [0.29, 0.717) is 0 Å². The molecule has 21 heavy (non-hydrogen) atoms. The van der Waals surface area contributed by atoms with Crippen molar-refractivity contribution in [3.63, 3.8) is 0 Å². The van der Waals surface area contributed by atoms with E-state index in [2.05, 4.69) is 23.8 Å². The van der Waals surface area contributed by atoms with E-state index in [1.807, 2.05) is 20.8 Å². The third-order valence-electron chi connectivity index (χ3n) is 4.18. The first-order chi connectivity index (χ1) is 9.58. The summed E-state index contributed by atoms with van der Waals surface area (Å²) < 4.78 is 0. The molecule has 2 rings (SSSR count). The van der Waals surface area contributed by atoms with Crippen LogP contribution in [0.1, 0.15) is 63.6 Å². The number of rotatable bonds is 1. The number of carbonyl (C=O) groups excluding carboxylic acids is 1. The van der Waals surface area contributed by atoms with Gasteiger partial charge in [0.25, 0.3) is 5.91 Å². The van der Waals surface area contributed by atoms with Crippen LogP contribution in [0.5, 0.6) is 0 Å². The van der Waals surface area contributed by atoms with E-state index in [0.717, 1.165) is 31.6 Å². The third kappa shape index (κ3) is 3.71. The molecular formula is C16H25N3O2. The van der Waals surface area contributed by atoms with Crippen LogP contribution in [0.3, 0.4) is 0 Å². The van der Waals surface area contributed by atoms with Gasteiger partial charge in [-0.15, -0.1) is 0 Å². The molecule has 1 aromatic heterocycles. The summed E-state index contributed by atoms with van der Waals surface area (Å²) in [6.07, 6.45) is 1.96. The summed E-state index contributed by atoms with van der Waals surface area (Å²) in [6, 6.07) is 1.71. The van der Waals surface area contributed by atoms with Crippen molar-refractivity contribution in [3.8, 4) is 0 Å². The summed E-state index contributed by atoms with van der Waals surface area (Å²) in [6.45, 7) is 11.9. The lowest BCUT2D eigenvalue weighted by Gasteiger charge is -2.36. The van der Waals surface area contributed by atoms with Crippen LogP contribution in [0.4, 0.5) is 0 Å². The van der Waals surface area contributed by atoms with Crippen LogP contribution in [0, 0.1) is 5.41 Å². The summed E-state index contributed by atoms with van der Waals surface area (Å²) >= 11 is 0. The average Bonchev–Trinajstić information content (AvgIpc) is 2.36. The van der Waals surface area contributed by atoms with E-state index in [9.17, 15) is 9.59 Å². The Morgan fingerprint density at radius 3 is 2.38 bits per heavy atom. The summed E-state index contributed by atoms with van der Waals surface area (Å²) in [5.41, 5.74) is 0.602. The number of aromatic amines is 1. The maximum atomic E-state index is 12.6. The molecule has 5 nitrogen and oxygen atoms in total. The summed E-state index contributed by atoms with van der Waals surface area (Å²) in [5, 5.41) is 0. The molecule has 1 aromatic rings. The Kier molecular flexibility index (Phi) is 3.95. The lowest BCUT2D eigenvalue weighted by atomic mass is 9.82. The summed E-state index contributed by atoms with van der Waals surface area (Å²) in [4.78, 5) is 32.6. The topological polar surface area (TPSA) is 66.1 Å². The van der Waals surface area contributed by atoms with Gasteiger partial charge in [0.1, 0.15) is 5.69 Å². The first-order valence-corrected chi connectivity index (χ1v) is 7.50. The molecule has 5 heteroatoms. The molecule has 0 aromatic carbocycles. The number of likely N-dealkylation sites (tertiary alicyclic amines) is 1. The Balaban J connectivity index is 2.24. The Morgan fingerprint density at radius 1 is 1.29 bits per heavy atom.